The number of rotatable bonds is 2. The standard InChI is InChI=1S/C13H17N3O.Na/c1-10-12(14(2)3)13(17)16(15(10)4)11-8-6-5-7-9-11;/h5-9H,1-4H3;/q;+1. The van der Waals surface area contributed by atoms with E-state index in [0.29, 0.717) is 0 Å². The van der Waals surface area contributed by atoms with Gasteiger partial charge in [0.25, 0.3) is 5.56 Å². The van der Waals surface area contributed by atoms with Crippen molar-refractivity contribution in [1.29, 1.82) is 0 Å². The molecule has 2 aromatic rings. The molecule has 0 radical (unpaired) electrons. The Morgan fingerprint density at radius 1 is 1.11 bits per heavy atom. The number of nitrogens with zero attached hydrogens (tertiary/aromatic N) is 3. The molecule has 0 amide bonds. The molecule has 18 heavy (non-hydrogen) atoms. The Bertz CT molecular complexity index is 584. The summed E-state index contributed by atoms with van der Waals surface area (Å²) >= 11 is 0. The van der Waals surface area contributed by atoms with Gasteiger partial charge in [0.1, 0.15) is 5.69 Å². The van der Waals surface area contributed by atoms with Gasteiger partial charge < -0.3 is 4.90 Å². The Morgan fingerprint density at radius 2 is 1.67 bits per heavy atom. The molecule has 1 aromatic carbocycles. The van der Waals surface area contributed by atoms with Gasteiger partial charge in [-0.1, -0.05) is 18.2 Å². The molecular weight excluding hydrogens is 237 g/mol. The van der Waals surface area contributed by atoms with E-state index in [9.17, 15) is 4.79 Å². The van der Waals surface area contributed by atoms with Crippen LogP contribution in [-0.2, 0) is 7.05 Å². The topological polar surface area (TPSA) is 30.2 Å². The summed E-state index contributed by atoms with van der Waals surface area (Å²) < 4.78 is 3.57. The van der Waals surface area contributed by atoms with Crippen LogP contribution in [0.4, 0.5) is 5.69 Å². The average Bonchev–Trinajstić information content (AvgIpc) is 2.51. The van der Waals surface area contributed by atoms with E-state index >= 15 is 0 Å². The van der Waals surface area contributed by atoms with Gasteiger partial charge in [0.2, 0.25) is 0 Å². The van der Waals surface area contributed by atoms with Crippen LogP contribution in [0.1, 0.15) is 5.69 Å². The largest absolute Gasteiger partial charge is 1.00 e. The summed E-state index contributed by atoms with van der Waals surface area (Å²) in [7, 11) is 5.68. The first kappa shape index (κ1) is 15.1. The third-order valence-electron chi connectivity index (χ3n) is 2.97. The second-order valence-electron chi connectivity index (χ2n) is 4.30. The van der Waals surface area contributed by atoms with Crippen molar-refractivity contribution in [2.45, 2.75) is 6.92 Å². The van der Waals surface area contributed by atoms with E-state index in [0.717, 1.165) is 17.1 Å². The molecule has 0 saturated carbocycles. The molecule has 0 N–H and O–H groups in total. The maximum atomic E-state index is 12.4. The van der Waals surface area contributed by atoms with E-state index in [2.05, 4.69) is 0 Å². The zero-order valence-electron chi connectivity index (χ0n) is 11.6. The fourth-order valence-corrected chi connectivity index (χ4v) is 2.07. The minimum Gasteiger partial charge on any atom is -0.372 e. The normalized spacial score (nSPS) is 10.0. The molecule has 0 fully saturated rings. The molecule has 5 heteroatoms. The monoisotopic (exact) mass is 254 g/mol. The molecule has 1 heterocycles. The summed E-state index contributed by atoms with van der Waals surface area (Å²) in [6, 6.07) is 9.66. The van der Waals surface area contributed by atoms with Crippen molar-refractivity contribution in [3.63, 3.8) is 0 Å². The zero-order valence-corrected chi connectivity index (χ0v) is 13.6. The maximum absolute atomic E-state index is 12.4. The molecule has 0 unspecified atom stereocenters. The molecule has 0 atom stereocenters. The van der Waals surface area contributed by atoms with Crippen molar-refractivity contribution in [2.75, 3.05) is 19.0 Å². The van der Waals surface area contributed by atoms with Crippen LogP contribution in [-0.4, -0.2) is 23.5 Å². The van der Waals surface area contributed by atoms with Crippen LogP contribution >= 0.6 is 0 Å². The number of benzene rings is 1. The first-order valence-electron chi connectivity index (χ1n) is 5.55. The van der Waals surface area contributed by atoms with Crippen molar-refractivity contribution < 1.29 is 29.6 Å². The van der Waals surface area contributed by atoms with E-state index in [-0.39, 0.29) is 35.1 Å². The van der Waals surface area contributed by atoms with Gasteiger partial charge in [-0.2, -0.15) is 0 Å². The van der Waals surface area contributed by atoms with Crippen molar-refractivity contribution in [3.8, 4) is 5.69 Å². The fraction of sp³-hybridized carbons (Fsp3) is 0.308. The van der Waals surface area contributed by atoms with E-state index in [1.165, 1.54) is 0 Å². The Balaban J connectivity index is 0.00000162. The zero-order chi connectivity index (χ0) is 12.6. The molecule has 0 spiro atoms. The number of anilines is 1. The Morgan fingerprint density at radius 3 is 2.11 bits per heavy atom. The van der Waals surface area contributed by atoms with Gasteiger partial charge in [0, 0.05) is 21.1 Å². The molecule has 0 bridgehead atoms. The van der Waals surface area contributed by atoms with E-state index in [4.69, 9.17) is 0 Å². The van der Waals surface area contributed by atoms with Gasteiger partial charge in [-0.3, -0.25) is 9.48 Å². The molecule has 90 valence electrons. The van der Waals surface area contributed by atoms with Gasteiger partial charge >= 0.3 is 29.6 Å². The van der Waals surface area contributed by atoms with Crippen LogP contribution < -0.4 is 40.0 Å². The molecular formula is C13H17N3NaO+. The van der Waals surface area contributed by atoms with Crippen LogP contribution in [0.5, 0.6) is 0 Å². The average molecular weight is 254 g/mol. The Kier molecular flexibility index (Phi) is 4.85. The minimum absolute atomic E-state index is 0. The summed E-state index contributed by atoms with van der Waals surface area (Å²) in [5.74, 6) is 0. The molecule has 0 aliphatic heterocycles. The predicted octanol–water partition coefficient (Wildman–Crippen LogP) is -1.45. The SMILES string of the molecule is Cc1c(N(C)C)c(=O)n(-c2ccccc2)n1C.[Na+]. The van der Waals surface area contributed by atoms with Crippen LogP contribution in [0, 0.1) is 6.92 Å². The van der Waals surface area contributed by atoms with Crippen molar-refractivity contribution in [3.05, 3.63) is 46.4 Å². The first-order chi connectivity index (χ1) is 8.04. The number of hydrogen-bond donors (Lipinski definition) is 0. The molecule has 4 nitrogen and oxygen atoms in total. The van der Waals surface area contributed by atoms with Gasteiger partial charge in [-0.25, -0.2) is 4.68 Å². The van der Waals surface area contributed by atoms with Crippen molar-refractivity contribution in [1.82, 2.24) is 9.36 Å². The second-order valence-corrected chi connectivity index (χ2v) is 4.30. The van der Waals surface area contributed by atoms with Crippen LogP contribution in [0.3, 0.4) is 0 Å². The van der Waals surface area contributed by atoms with E-state index in [1.807, 2.05) is 68.0 Å². The third kappa shape index (κ3) is 2.41. The first-order valence-corrected chi connectivity index (χ1v) is 5.55. The third-order valence-corrected chi connectivity index (χ3v) is 2.97. The summed E-state index contributed by atoms with van der Waals surface area (Å²) in [4.78, 5) is 14.2. The number of para-hydroxylation sites is 1. The second kappa shape index (κ2) is 5.78. The summed E-state index contributed by atoms with van der Waals surface area (Å²) in [6.07, 6.45) is 0. The minimum atomic E-state index is 0. The molecule has 1 aromatic heterocycles. The van der Waals surface area contributed by atoms with Gasteiger partial charge in [0.15, 0.2) is 0 Å². The van der Waals surface area contributed by atoms with Gasteiger partial charge in [0.05, 0.1) is 11.4 Å². The molecule has 2 rings (SSSR count). The number of aromatic nitrogens is 2. The summed E-state index contributed by atoms with van der Waals surface area (Å²) in [5, 5.41) is 0. The van der Waals surface area contributed by atoms with Crippen LogP contribution in [0.15, 0.2) is 35.1 Å². The number of hydrogen-bond acceptors (Lipinski definition) is 2. The van der Waals surface area contributed by atoms with E-state index < -0.39 is 0 Å². The molecule has 0 aliphatic carbocycles. The maximum Gasteiger partial charge on any atom is 1.00 e. The van der Waals surface area contributed by atoms with Crippen LogP contribution in [0.25, 0.3) is 5.69 Å². The molecule has 0 saturated heterocycles. The van der Waals surface area contributed by atoms with Crippen molar-refractivity contribution in [2.24, 2.45) is 7.05 Å². The van der Waals surface area contributed by atoms with E-state index in [1.54, 1.807) is 4.68 Å². The Hall–Kier alpha value is -0.970. The van der Waals surface area contributed by atoms with Gasteiger partial charge in [-0.05, 0) is 19.1 Å². The summed E-state index contributed by atoms with van der Waals surface area (Å²) in [5.41, 5.74) is 2.60. The summed E-state index contributed by atoms with van der Waals surface area (Å²) in [6.45, 7) is 1.95. The van der Waals surface area contributed by atoms with Gasteiger partial charge in [-0.15, -0.1) is 0 Å². The molecule has 0 aliphatic rings. The van der Waals surface area contributed by atoms with Crippen LogP contribution in [0.2, 0.25) is 0 Å². The quantitative estimate of drug-likeness (QED) is 0.614. The van der Waals surface area contributed by atoms with Crippen molar-refractivity contribution >= 4 is 5.69 Å². The fourth-order valence-electron chi connectivity index (χ4n) is 2.07. The smallest absolute Gasteiger partial charge is 0.372 e. The predicted molar refractivity (Wildman–Crippen MR) is 70.1 cm³/mol. The Labute approximate surface area is 129 Å².